The minimum atomic E-state index is -0.0399. The summed E-state index contributed by atoms with van der Waals surface area (Å²) in [6.07, 6.45) is 8.00. The minimum Gasteiger partial charge on any atom is -0.310 e. The van der Waals surface area contributed by atoms with E-state index in [0.29, 0.717) is 0 Å². The molecule has 1 nitrogen and oxygen atoms in total. The van der Waals surface area contributed by atoms with Crippen LogP contribution in [0.3, 0.4) is 0 Å². The quantitative estimate of drug-likeness (QED) is 0.141. The van der Waals surface area contributed by atoms with Crippen LogP contribution in [0.5, 0.6) is 0 Å². The van der Waals surface area contributed by atoms with Crippen LogP contribution < -0.4 is 4.90 Å². The predicted molar refractivity (Wildman–Crippen MR) is 240 cm³/mol. The Morgan fingerprint density at radius 2 is 0.893 bits per heavy atom. The third kappa shape index (κ3) is 5.78. The first-order valence-corrected chi connectivity index (χ1v) is 19.7. The van der Waals surface area contributed by atoms with Crippen molar-refractivity contribution < 1.29 is 0 Å². The summed E-state index contributed by atoms with van der Waals surface area (Å²) >= 11 is 0. The summed E-state index contributed by atoms with van der Waals surface area (Å²) < 4.78 is 0. The van der Waals surface area contributed by atoms with Gasteiger partial charge in [0, 0.05) is 27.8 Å². The Kier molecular flexibility index (Phi) is 8.63. The highest BCUT2D eigenvalue weighted by molar-refractivity contribution is 5.89. The van der Waals surface area contributed by atoms with Gasteiger partial charge in [0.05, 0.1) is 5.69 Å². The molecule has 0 heterocycles. The number of fused-ring (bicyclic) bond motifs is 6. The lowest BCUT2D eigenvalue weighted by atomic mass is 9.81. The first-order chi connectivity index (χ1) is 27.2. The Bertz CT molecular complexity index is 2550. The molecule has 0 radical (unpaired) electrons. The molecular formula is C55H47N. The Hall–Kier alpha value is -6.44. The molecule has 0 fully saturated rings. The molecular weight excluding hydrogens is 675 g/mol. The molecule has 0 unspecified atom stereocenters. The number of hydrogen-bond acceptors (Lipinski definition) is 1. The second-order valence-corrected chi connectivity index (χ2v) is 16.3. The summed E-state index contributed by atoms with van der Waals surface area (Å²) in [6.45, 7) is 15.4. The zero-order chi connectivity index (χ0) is 38.6. The van der Waals surface area contributed by atoms with Gasteiger partial charge in [-0.1, -0.05) is 174 Å². The lowest BCUT2D eigenvalue weighted by Crippen LogP contribution is -2.15. The van der Waals surface area contributed by atoms with E-state index in [1.165, 1.54) is 77.9 Å². The zero-order valence-electron chi connectivity index (χ0n) is 33.0. The van der Waals surface area contributed by atoms with Gasteiger partial charge < -0.3 is 4.90 Å². The lowest BCUT2D eigenvalue weighted by molar-refractivity contribution is 0.660. The highest BCUT2D eigenvalue weighted by atomic mass is 15.1. The van der Waals surface area contributed by atoms with Gasteiger partial charge in [-0.25, -0.2) is 0 Å². The van der Waals surface area contributed by atoms with Crippen LogP contribution in [-0.4, -0.2) is 0 Å². The van der Waals surface area contributed by atoms with Crippen molar-refractivity contribution in [2.45, 2.75) is 45.4 Å². The topological polar surface area (TPSA) is 3.24 Å². The third-order valence-corrected chi connectivity index (χ3v) is 12.2. The Morgan fingerprint density at radius 3 is 1.39 bits per heavy atom. The van der Waals surface area contributed by atoms with Crippen LogP contribution in [0.1, 0.15) is 62.4 Å². The van der Waals surface area contributed by atoms with E-state index in [-0.39, 0.29) is 10.8 Å². The number of nitrogens with zero attached hydrogens (tertiary/aromatic N) is 1. The molecule has 0 aliphatic heterocycles. The molecule has 0 saturated carbocycles. The molecule has 9 rings (SSSR count). The molecule has 0 bridgehead atoms. The normalized spacial score (nSPS) is 14.6. The standard InChI is InChI=1S/C55H47N/c1-7-8-9-16-37(2)44-17-12-15-22-53(44)56(42-29-23-38(24-30-42)40-27-33-47-45-18-10-13-20-49(45)54(3,4)51(47)35-40)43-31-25-39(26-32-43)41-28-34-48-46-19-11-14-21-50(46)55(5,6)52(48)36-41/h7-36H,1H2,2-6H3/b9-8-,37-16+. The molecule has 0 saturated heterocycles. The van der Waals surface area contributed by atoms with E-state index < -0.39 is 0 Å². The smallest absolute Gasteiger partial charge is 0.0536 e. The van der Waals surface area contributed by atoms with Crippen molar-refractivity contribution in [1.82, 2.24) is 0 Å². The fourth-order valence-electron chi connectivity index (χ4n) is 9.17. The van der Waals surface area contributed by atoms with Crippen LogP contribution in [0.4, 0.5) is 17.1 Å². The van der Waals surface area contributed by atoms with Crippen LogP contribution in [0, 0.1) is 0 Å². The van der Waals surface area contributed by atoms with Gasteiger partial charge in [0.2, 0.25) is 0 Å². The molecule has 2 aliphatic rings. The number of hydrogen-bond donors (Lipinski definition) is 0. The monoisotopic (exact) mass is 721 g/mol. The summed E-state index contributed by atoms with van der Waals surface area (Å²) in [4.78, 5) is 2.39. The average Bonchev–Trinajstić information content (AvgIpc) is 3.60. The van der Waals surface area contributed by atoms with Gasteiger partial charge in [0.1, 0.15) is 0 Å². The molecule has 1 heteroatoms. The summed E-state index contributed by atoms with van der Waals surface area (Å²) in [5.41, 5.74) is 21.5. The van der Waals surface area contributed by atoms with Crippen LogP contribution in [0.2, 0.25) is 0 Å². The molecule has 0 aromatic heterocycles. The Labute approximate surface area is 332 Å². The van der Waals surface area contributed by atoms with Crippen LogP contribution in [-0.2, 0) is 10.8 Å². The number of benzene rings is 7. The van der Waals surface area contributed by atoms with E-state index in [2.05, 4.69) is 216 Å². The van der Waals surface area contributed by atoms with Crippen molar-refractivity contribution in [3.8, 4) is 44.5 Å². The van der Waals surface area contributed by atoms with E-state index in [9.17, 15) is 0 Å². The second-order valence-electron chi connectivity index (χ2n) is 16.3. The maximum Gasteiger partial charge on any atom is 0.0536 e. The summed E-state index contributed by atoms with van der Waals surface area (Å²) in [6, 6.07) is 58.5. The van der Waals surface area contributed by atoms with Gasteiger partial charge in [-0.15, -0.1) is 0 Å². The van der Waals surface area contributed by atoms with Crippen molar-refractivity contribution in [2.24, 2.45) is 0 Å². The van der Waals surface area contributed by atoms with Gasteiger partial charge in [0.15, 0.2) is 0 Å². The second kappa shape index (κ2) is 13.7. The summed E-state index contributed by atoms with van der Waals surface area (Å²) in [5, 5.41) is 0. The van der Waals surface area contributed by atoms with E-state index in [1.54, 1.807) is 0 Å². The van der Waals surface area contributed by atoms with E-state index >= 15 is 0 Å². The molecule has 272 valence electrons. The van der Waals surface area contributed by atoms with Crippen LogP contribution >= 0.6 is 0 Å². The van der Waals surface area contributed by atoms with E-state index in [0.717, 1.165) is 17.1 Å². The molecule has 0 N–H and O–H groups in total. The third-order valence-electron chi connectivity index (χ3n) is 12.2. The maximum absolute atomic E-state index is 3.86. The maximum atomic E-state index is 3.86. The van der Waals surface area contributed by atoms with Crippen molar-refractivity contribution in [3.05, 3.63) is 216 Å². The van der Waals surface area contributed by atoms with Crippen molar-refractivity contribution in [3.63, 3.8) is 0 Å². The van der Waals surface area contributed by atoms with Gasteiger partial charge in [0.25, 0.3) is 0 Å². The first kappa shape index (κ1) is 35.3. The fraction of sp³-hybridized carbons (Fsp3) is 0.127. The predicted octanol–water partition coefficient (Wildman–Crippen LogP) is 15.2. The highest BCUT2D eigenvalue weighted by Gasteiger charge is 2.36. The molecule has 7 aromatic rings. The largest absolute Gasteiger partial charge is 0.310 e. The van der Waals surface area contributed by atoms with Crippen molar-refractivity contribution in [2.75, 3.05) is 4.90 Å². The molecule has 56 heavy (non-hydrogen) atoms. The molecule has 2 aliphatic carbocycles. The number of rotatable bonds is 8. The van der Waals surface area contributed by atoms with Crippen molar-refractivity contribution >= 4 is 22.6 Å². The number of allylic oxidation sites excluding steroid dienone is 5. The molecule has 0 atom stereocenters. The molecule has 7 aromatic carbocycles. The number of anilines is 3. The van der Waals surface area contributed by atoms with Gasteiger partial charge in [-0.3, -0.25) is 0 Å². The molecule has 0 spiro atoms. The lowest BCUT2D eigenvalue weighted by Gasteiger charge is -2.28. The SMILES string of the molecule is C=C/C=C\C=C(/C)c1ccccc1N(c1ccc(-c2ccc3c(c2)C(C)(C)c2ccccc2-3)cc1)c1ccc(-c2ccc3c(c2)C(C)(C)c2ccccc2-3)cc1. The Morgan fingerprint density at radius 1 is 0.464 bits per heavy atom. The molecule has 0 amide bonds. The van der Waals surface area contributed by atoms with Gasteiger partial charge in [-0.05, 0) is 122 Å². The first-order valence-electron chi connectivity index (χ1n) is 19.7. The van der Waals surface area contributed by atoms with Gasteiger partial charge in [-0.2, -0.15) is 0 Å². The minimum absolute atomic E-state index is 0.0399. The zero-order valence-corrected chi connectivity index (χ0v) is 33.0. The van der Waals surface area contributed by atoms with Crippen LogP contribution in [0.25, 0.3) is 50.1 Å². The fourth-order valence-corrected chi connectivity index (χ4v) is 9.17. The Balaban J connectivity index is 1.10. The van der Waals surface area contributed by atoms with Gasteiger partial charge >= 0.3 is 0 Å². The van der Waals surface area contributed by atoms with E-state index in [4.69, 9.17) is 0 Å². The van der Waals surface area contributed by atoms with Crippen molar-refractivity contribution in [1.29, 1.82) is 0 Å². The van der Waals surface area contributed by atoms with Crippen LogP contribution in [0.15, 0.2) is 189 Å². The van der Waals surface area contributed by atoms with E-state index in [1.807, 2.05) is 12.2 Å². The number of para-hydroxylation sites is 1. The highest BCUT2D eigenvalue weighted by Crippen LogP contribution is 2.51. The summed E-state index contributed by atoms with van der Waals surface area (Å²) in [7, 11) is 0. The summed E-state index contributed by atoms with van der Waals surface area (Å²) in [5.74, 6) is 0. The average molecular weight is 722 g/mol.